The summed E-state index contributed by atoms with van der Waals surface area (Å²) < 4.78 is 5.37. The zero-order chi connectivity index (χ0) is 13.8. The number of hydrogen-bond acceptors (Lipinski definition) is 4. The summed E-state index contributed by atoms with van der Waals surface area (Å²) in [5, 5.41) is 9.88. The highest BCUT2D eigenvalue weighted by molar-refractivity contribution is 5.76. The van der Waals surface area contributed by atoms with E-state index in [2.05, 4.69) is 4.90 Å². The normalized spacial score (nSPS) is 29.9. The molecule has 1 saturated heterocycles. The van der Waals surface area contributed by atoms with Crippen molar-refractivity contribution in [3.63, 3.8) is 0 Å². The molecule has 2 fully saturated rings. The maximum Gasteiger partial charge on any atom is 0.323 e. The molecule has 0 aromatic rings. The number of aliphatic hydroxyl groups is 1. The summed E-state index contributed by atoms with van der Waals surface area (Å²) in [6.07, 6.45) is 6.25. The summed E-state index contributed by atoms with van der Waals surface area (Å²) >= 11 is 0. The van der Waals surface area contributed by atoms with Crippen LogP contribution >= 0.6 is 0 Å². The minimum absolute atomic E-state index is 0.143. The first-order chi connectivity index (χ1) is 9.08. The van der Waals surface area contributed by atoms with Crippen LogP contribution in [0.3, 0.4) is 0 Å². The number of aliphatic hydroxyl groups excluding tert-OH is 1. The molecule has 110 valence electrons. The third-order valence-corrected chi connectivity index (χ3v) is 4.19. The van der Waals surface area contributed by atoms with Gasteiger partial charge in [-0.1, -0.05) is 33.1 Å². The van der Waals surface area contributed by atoms with Crippen LogP contribution in [0.1, 0.15) is 52.4 Å². The Morgan fingerprint density at radius 2 is 2.00 bits per heavy atom. The van der Waals surface area contributed by atoms with Gasteiger partial charge in [-0.25, -0.2) is 0 Å². The van der Waals surface area contributed by atoms with Crippen molar-refractivity contribution in [2.45, 2.75) is 70.6 Å². The monoisotopic (exact) mass is 269 g/mol. The number of carbonyl (C=O) groups excluding carboxylic acids is 1. The van der Waals surface area contributed by atoms with Crippen LogP contribution in [-0.4, -0.2) is 47.3 Å². The Kier molecular flexibility index (Phi) is 5.22. The molecule has 0 unspecified atom stereocenters. The lowest BCUT2D eigenvalue weighted by Crippen LogP contribution is -2.45. The Labute approximate surface area is 116 Å². The van der Waals surface area contributed by atoms with Crippen LogP contribution in [-0.2, 0) is 9.53 Å². The van der Waals surface area contributed by atoms with Gasteiger partial charge in [0.2, 0.25) is 0 Å². The van der Waals surface area contributed by atoms with E-state index in [1.807, 2.05) is 13.8 Å². The van der Waals surface area contributed by atoms with Crippen LogP contribution in [0.2, 0.25) is 0 Å². The maximum atomic E-state index is 12.2. The Morgan fingerprint density at radius 1 is 1.32 bits per heavy atom. The first kappa shape index (κ1) is 14.8. The Bertz CT molecular complexity index is 300. The third kappa shape index (κ3) is 3.93. The zero-order valence-electron chi connectivity index (χ0n) is 12.2. The molecule has 2 aliphatic rings. The molecule has 2 atom stereocenters. The van der Waals surface area contributed by atoms with Gasteiger partial charge in [0, 0.05) is 19.0 Å². The maximum absolute atomic E-state index is 12.2. The topological polar surface area (TPSA) is 49.8 Å². The second-order valence-electron chi connectivity index (χ2n) is 6.42. The summed E-state index contributed by atoms with van der Waals surface area (Å²) in [6.45, 7) is 5.18. The van der Waals surface area contributed by atoms with Crippen LogP contribution in [0.5, 0.6) is 0 Å². The number of esters is 1. The molecule has 4 nitrogen and oxygen atoms in total. The molecule has 1 heterocycles. The fourth-order valence-corrected chi connectivity index (χ4v) is 3.23. The Morgan fingerprint density at radius 3 is 2.63 bits per heavy atom. The summed E-state index contributed by atoms with van der Waals surface area (Å²) in [4.78, 5) is 14.4. The standard InChI is InChI=1S/C15H27NO3/c1-11(2)10-19-15(18)14-8-13(17)9-16(14)12-6-4-3-5-7-12/h11-14,17H,3-10H2,1-2H3/t13-,14-/m0/s1. The molecule has 0 amide bonds. The number of hydrogen-bond donors (Lipinski definition) is 1. The summed E-state index contributed by atoms with van der Waals surface area (Å²) in [6, 6.07) is 0.236. The number of carbonyl (C=O) groups is 1. The number of β-amino-alcohol motifs (C(OH)–C–C–N with tert-alkyl or cyclic N) is 1. The van der Waals surface area contributed by atoms with E-state index in [-0.39, 0.29) is 18.1 Å². The molecule has 2 rings (SSSR count). The predicted octanol–water partition coefficient (Wildman–Crippen LogP) is 1.95. The van der Waals surface area contributed by atoms with E-state index in [4.69, 9.17) is 4.74 Å². The van der Waals surface area contributed by atoms with Gasteiger partial charge in [0.05, 0.1) is 12.7 Å². The van der Waals surface area contributed by atoms with E-state index in [0.717, 1.165) is 12.8 Å². The molecule has 0 bridgehead atoms. The molecule has 1 aliphatic heterocycles. The van der Waals surface area contributed by atoms with Crippen LogP contribution < -0.4 is 0 Å². The SMILES string of the molecule is CC(C)COC(=O)[C@@H]1C[C@H](O)CN1C1CCCCC1. The molecule has 0 aromatic heterocycles. The van der Waals surface area contributed by atoms with Crippen molar-refractivity contribution in [3.05, 3.63) is 0 Å². The lowest BCUT2D eigenvalue weighted by atomic mass is 9.94. The first-order valence-electron chi connectivity index (χ1n) is 7.68. The van der Waals surface area contributed by atoms with Gasteiger partial charge in [-0.2, -0.15) is 0 Å². The quantitative estimate of drug-likeness (QED) is 0.793. The number of likely N-dealkylation sites (tertiary alicyclic amines) is 1. The second kappa shape index (κ2) is 6.71. The highest BCUT2D eigenvalue weighted by atomic mass is 16.5. The van der Waals surface area contributed by atoms with E-state index in [1.165, 1.54) is 19.3 Å². The first-order valence-corrected chi connectivity index (χ1v) is 7.68. The summed E-state index contributed by atoms with van der Waals surface area (Å²) in [5.74, 6) is 0.217. The highest BCUT2D eigenvalue weighted by Crippen LogP contribution is 2.29. The van der Waals surface area contributed by atoms with Crippen LogP contribution in [0.15, 0.2) is 0 Å². The minimum Gasteiger partial charge on any atom is -0.464 e. The smallest absolute Gasteiger partial charge is 0.323 e. The number of ether oxygens (including phenoxy) is 1. The minimum atomic E-state index is -0.376. The van der Waals surface area contributed by atoms with E-state index in [9.17, 15) is 9.90 Å². The van der Waals surface area contributed by atoms with Crippen molar-refractivity contribution < 1.29 is 14.6 Å². The van der Waals surface area contributed by atoms with Crippen molar-refractivity contribution >= 4 is 5.97 Å². The molecule has 1 aliphatic carbocycles. The van der Waals surface area contributed by atoms with Crippen LogP contribution in [0.4, 0.5) is 0 Å². The molecule has 19 heavy (non-hydrogen) atoms. The van der Waals surface area contributed by atoms with E-state index in [1.54, 1.807) is 0 Å². The van der Waals surface area contributed by atoms with Gasteiger partial charge in [0.15, 0.2) is 0 Å². The number of nitrogens with zero attached hydrogens (tertiary/aromatic N) is 1. The largest absolute Gasteiger partial charge is 0.464 e. The zero-order valence-corrected chi connectivity index (χ0v) is 12.2. The highest BCUT2D eigenvalue weighted by Gasteiger charge is 2.40. The average Bonchev–Trinajstić information content (AvgIpc) is 2.79. The van der Waals surface area contributed by atoms with Crippen molar-refractivity contribution in [1.29, 1.82) is 0 Å². The average molecular weight is 269 g/mol. The fraction of sp³-hybridized carbons (Fsp3) is 0.933. The van der Waals surface area contributed by atoms with Crippen molar-refractivity contribution in [2.24, 2.45) is 5.92 Å². The molecular weight excluding hydrogens is 242 g/mol. The van der Waals surface area contributed by atoms with Gasteiger partial charge in [-0.3, -0.25) is 9.69 Å². The predicted molar refractivity (Wildman–Crippen MR) is 73.8 cm³/mol. The van der Waals surface area contributed by atoms with Crippen molar-refractivity contribution in [2.75, 3.05) is 13.2 Å². The molecular formula is C15H27NO3. The Balaban J connectivity index is 1.94. The van der Waals surface area contributed by atoms with Gasteiger partial charge in [0.25, 0.3) is 0 Å². The van der Waals surface area contributed by atoms with Crippen LogP contribution in [0.25, 0.3) is 0 Å². The van der Waals surface area contributed by atoms with Gasteiger partial charge in [0.1, 0.15) is 6.04 Å². The van der Waals surface area contributed by atoms with Crippen LogP contribution in [0, 0.1) is 5.92 Å². The van der Waals surface area contributed by atoms with E-state index < -0.39 is 0 Å². The molecule has 0 radical (unpaired) electrons. The number of rotatable bonds is 4. The molecule has 1 saturated carbocycles. The lowest BCUT2D eigenvalue weighted by Gasteiger charge is -2.34. The fourth-order valence-electron chi connectivity index (χ4n) is 3.23. The van der Waals surface area contributed by atoms with Gasteiger partial charge >= 0.3 is 5.97 Å². The summed E-state index contributed by atoms with van der Waals surface area (Å²) in [7, 11) is 0. The molecule has 0 spiro atoms. The Hall–Kier alpha value is -0.610. The lowest BCUT2D eigenvalue weighted by molar-refractivity contribution is -0.151. The molecule has 4 heteroatoms. The van der Waals surface area contributed by atoms with Gasteiger partial charge in [-0.15, -0.1) is 0 Å². The van der Waals surface area contributed by atoms with Gasteiger partial charge in [-0.05, 0) is 18.8 Å². The molecule has 1 N–H and O–H groups in total. The third-order valence-electron chi connectivity index (χ3n) is 4.19. The van der Waals surface area contributed by atoms with Gasteiger partial charge < -0.3 is 9.84 Å². The van der Waals surface area contributed by atoms with E-state index in [0.29, 0.717) is 31.5 Å². The van der Waals surface area contributed by atoms with Crippen molar-refractivity contribution in [1.82, 2.24) is 4.90 Å². The van der Waals surface area contributed by atoms with Crippen molar-refractivity contribution in [3.8, 4) is 0 Å². The van der Waals surface area contributed by atoms with E-state index >= 15 is 0 Å². The summed E-state index contributed by atoms with van der Waals surface area (Å²) in [5.41, 5.74) is 0. The second-order valence-corrected chi connectivity index (χ2v) is 6.42. The molecule has 0 aromatic carbocycles.